The average molecular weight is 405 g/mol. The molecule has 1 aromatic carbocycles. The fourth-order valence-electron chi connectivity index (χ4n) is 4.38. The Kier molecular flexibility index (Phi) is 5.85. The van der Waals surface area contributed by atoms with Crippen molar-refractivity contribution in [2.45, 2.75) is 31.5 Å². The van der Waals surface area contributed by atoms with E-state index in [0.717, 1.165) is 31.7 Å². The third-order valence-electron chi connectivity index (χ3n) is 5.71. The summed E-state index contributed by atoms with van der Waals surface area (Å²) in [4.78, 5) is 21.9. The number of aromatic nitrogens is 2. The number of nitrogens with one attached hydrogen (secondary N) is 2. The van der Waals surface area contributed by atoms with Gasteiger partial charge in [-0.3, -0.25) is 9.69 Å². The fourth-order valence-corrected chi connectivity index (χ4v) is 4.57. The molecule has 1 aliphatic heterocycles. The normalized spacial score (nSPS) is 27.4. The second-order valence-electron chi connectivity index (χ2n) is 7.72. The van der Waals surface area contributed by atoms with Crippen molar-refractivity contribution in [2.24, 2.45) is 11.8 Å². The Bertz CT molecular complexity index is 801. The summed E-state index contributed by atoms with van der Waals surface area (Å²) in [7, 11) is 0. The number of hydrogen-bond donors (Lipinski definition) is 3. The standard InChI is InChI=1S/C20H25ClN4O3/c21-16-3-1-2-4-19(16)28-11-20(27)24-17-5-13-8-25(9-14(13)6-18(17)26)10-15-7-22-12-23-15/h1-4,7,12-14,17-18,26H,5-6,8-11H2,(H,22,23)(H,24,27)/t13-,14+,17-,18-/m0/s1. The highest BCUT2D eigenvalue weighted by molar-refractivity contribution is 6.32. The number of nitrogens with zero attached hydrogens (tertiary/aromatic N) is 2. The number of amides is 1. The molecule has 0 unspecified atom stereocenters. The van der Waals surface area contributed by atoms with Crippen LogP contribution in [0.1, 0.15) is 18.5 Å². The molecule has 1 aromatic heterocycles. The Balaban J connectivity index is 1.27. The van der Waals surface area contributed by atoms with Crippen LogP contribution in [0.25, 0.3) is 0 Å². The van der Waals surface area contributed by atoms with E-state index in [1.807, 2.05) is 6.20 Å². The highest BCUT2D eigenvalue weighted by atomic mass is 35.5. The number of benzene rings is 1. The van der Waals surface area contributed by atoms with Gasteiger partial charge in [0.2, 0.25) is 0 Å². The van der Waals surface area contributed by atoms with Crippen molar-refractivity contribution < 1.29 is 14.6 Å². The minimum absolute atomic E-state index is 0.118. The maximum Gasteiger partial charge on any atom is 0.258 e. The molecule has 0 radical (unpaired) electrons. The predicted octanol–water partition coefficient (Wildman–Crippen LogP) is 1.83. The van der Waals surface area contributed by atoms with E-state index in [9.17, 15) is 9.90 Å². The third-order valence-corrected chi connectivity index (χ3v) is 6.02. The number of aliphatic hydroxyl groups excluding tert-OH is 1. The van der Waals surface area contributed by atoms with Crippen LogP contribution in [-0.4, -0.2) is 57.7 Å². The van der Waals surface area contributed by atoms with Crippen LogP contribution in [0.4, 0.5) is 0 Å². The average Bonchev–Trinajstić information content (AvgIpc) is 3.31. The van der Waals surface area contributed by atoms with E-state index in [0.29, 0.717) is 29.0 Å². The summed E-state index contributed by atoms with van der Waals surface area (Å²) in [5, 5.41) is 13.9. The fraction of sp³-hybridized carbons (Fsp3) is 0.500. The van der Waals surface area contributed by atoms with Crippen molar-refractivity contribution in [1.82, 2.24) is 20.2 Å². The van der Waals surface area contributed by atoms with Gasteiger partial charge in [-0.25, -0.2) is 4.98 Å². The minimum Gasteiger partial charge on any atom is -0.482 e. The molecule has 0 bridgehead atoms. The molecule has 1 saturated heterocycles. The lowest BCUT2D eigenvalue weighted by Gasteiger charge is -2.35. The van der Waals surface area contributed by atoms with Gasteiger partial charge in [0, 0.05) is 31.5 Å². The molecule has 2 fully saturated rings. The molecular weight excluding hydrogens is 380 g/mol. The minimum atomic E-state index is -0.530. The van der Waals surface area contributed by atoms with Crippen LogP contribution in [0.3, 0.4) is 0 Å². The first kappa shape index (κ1) is 19.2. The highest BCUT2D eigenvalue weighted by Crippen LogP contribution is 2.37. The van der Waals surface area contributed by atoms with Gasteiger partial charge >= 0.3 is 0 Å². The van der Waals surface area contributed by atoms with Gasteiger partial charge in [-0.2, -0.15) is 0 Å². The molecule has 1 aliphatic carbocycles. The molecule has 7 nitrogen and oxygen atoms in total. The quantitative estimate of drug-likeness (QED) is 0.683. The summed E-state index contributed by atoms with van der Waals surface area (Å²) in [6, 6.07) is 6.81. The summed E-state index contributed by atoms with van der Waals surface area (Å²) >= 11 is 6.04. The van der Waals surface area contributed by atoms with Crippen molar-refractivity contribution in [3.05, 3.63) is 47.5 Å². The van der Waals surface area contributed by atoms with Gasteiger partial charge in [0.1, 0.15) is 5.75 Å². The first-order valence-electron chi connectivity index (χ1n) is 9.63. The van der Waals surface area contributed by atoms with Gasteiger partial charge in [0.25, 0.3) is 5.91 Å². The largest absolute Gasteiger partial charge is 0.482 e. The van der Waals surface area contributed by atoms with Gasteiger partial charge in [-0.15, -0.1) is 0 Å². The summed E-state index contributed by atoms with van der Waals surface area (Å²) in [6.07, 6.45) is 4.50. The number of aliphatic hydroxyl groups is 1. The number of ether oxygens (including phenoxy) is 1. The second-order valence-corrected chi connectivity index (χ2v) is 8.13. The van der Waals surface area contributed by atoms with Crippen LogP contribution in [-0.2, 0) is 11.3 Å². The number of carbonyl (C=O) groups is 1. The van der Waals surface area contributed by atoms with E-state index < -0.39 is 6.10 Å². The predicted molar refractivity (Wildman–Crippen MR) is 105 cm³/mol. The number of rotatable bonds is 6. The number of hydrogen-bond acceptors (Lipinski definition) is 5. The van der Waals surface area contributed by atoms with Crippen molar-refractivity contribution in [3.63, 3.8) is 0 Å². The number of carbonyl (C=O) groups excluding carboxylic acids is 1. The number of fused-ring (bicyclic) bond motifs is 1. The van der Waals surface area contributed by atoms with E-state index >= 15 is 0 Å². The van der Waals surface area contributed by atoms with E-state index in [-0.39, 0.29) is 18.6 Å². The number of aromatic amines is 1. The first-order chi connectivity index (χ1) is 13.6. The first-order valence-corrected chi connectivity index (χ1v) is 10.0. The molecule has 2 heterocycles. The zero-order chi connectivity index (χ0) is 19.5. The number of H-pyrrole nitrogens is 1. The Morgan fingerprint density at radius 3 is 2.86 bits per heavy atom. The molecule has 1 saturated carbocycles. The zero-order valence-corrected chi connectivity index (χ0v) is 16.3. The highest BCUT2D eigenvalue weighted by Gasteiger charge is 2.42. The number of para-hydroxylation sites is 1. The number of halogens is 1. The molecule has 28 heavy (non-hydrogen) atoms. The summed E-state index contributed by atoms with van der Waals surface area (Å²) in [6.45, 7) is 2.66. The number of likely N-dealkylation sites (tertiary alicyclic amines) is 1. The van der Waals surface area contributed by atoms with Crippen LogP contribution in [0.2, 0.25) is 5.02 Å². The van der Waals surface area contributed by atoms with Crippen LogP contribution in [0.15, 0.2) is 36.8 Å². The molecule has 150 valence electrons. The maximum absolute atomic E-state index is 12.3. The molecule has 2 aromatic rings. The molecule has 3 N–H and O–H groups in total. The van der Waals surface area contributed by atoms with Crippen molar-refractivity contribution in [2.75, 3.05) is 19.7 Å². The van der Waals surface area contributed by atoms with Gasteiger partial charge in [-0.1, -0.05) is 23.7 Å². The van der Waals surface area contributed by atoms with Crippen molar-refractivity contribution >= 4 is 17.5 Å². The van der Waals surface area contributed by atoms with Crippen molar-refractivity contribution in [1.29, 1.82) is 0 Å². The molecule has 8 heteroatoms. The monoisotopic (exact) mass is 404 g/mol. The SMILES string of the molecule is O=C(COc1ccccc1Cl)N[C@H]1C[C@H]2CN(Cc3cnc[nH]3)C[C@H]2C[C@@H]1O. The zero-order valence-electron chi connectivity index (χ0n) is 15.6. The lowest BCUT2D eigenvalue weighted by atomic mass is 9.77. The third kappa shape index (κ3) is 4.48. The lowest BCUT2D eigenvalue weighted by Crippen LogP contribution is -2.50. The molecule has 1 amide bonds. The van der Waals surface area contributed by atoms with Gasteiger partial charge < -0.3 is 20.1 Å². The van der Waals surface area contributed by atoms with E-state index in [2.05, 4.69) is 20.2 Å². The molecule has 4 rings (SSSR count). The summed E-state index contributed by atoms with van der Waals surface area (Å²) in [5.41, 5.74) is 1.10. The smallest absolute Gasteiger partial charge is 0.258 e. The van der Waals surface area contributed by atoms with E-state index in [1.165, 1.54) is 0 Å². The second kappa shape index (κ2) is 8.51. The van der Waals surface area contributed by atoms with Crippen LogP contribution in [0.5, 0.6) is 5.75 Å². The van der Waals surface area contributed by atoms with Gasteiger partial charge in [0.05, 0.1) is 23.5 Å². The Morgan fingerprint density at radius 1 is 1.32 bits per heavy atom. The topological polar surface area (TPSA) is 90.5 Å². The molecule has 2 aliphatic rings. The van der Waals surface area contributed by atoms with Crippen LogP contribution in [0, 0.1) is 11.8 Å². The lowest BCUT2D eigenvalue weighted by molar-refractivity contribution is -0.125. The van der Waals surface area contributed by atoms with Crippen LogP contribution >= 0.6 is 11.6 Å². The Hall–Kier alpha value is -2.09. The Labute approximate surface area is 169 Å². The summed E-state index contributed by atoms with van der Waals surface area (Å²) in [5.74, 6) is 1.18. The van der Waals surface area contributed by atoms with Crippen LogP contribution < -0.4 is 10.1 Å². The molecule has 4 atom stereocenters. The van der Waals surface area contributed by atoms with Crippen molar-refractivity contribution in [3.8, 4) is 5.75 Å². The van der Waals surface area contributed by atoms with Gasteiger partial charge in [-0.05, 0) is 36.8 Å². The van der Waals surface area contributed by atoms with E-state index in [1.54, 1.807) is 30.6 Å². The molecule has 0 spiro atoms. The molecular formula is C20H25ClN4O3. The maximum atomic E-state index is 12.3. The van der Waals surface area contributed by atoms with Gasteiger partial charge in [0.15, 0.2) is 6.61 Å². The number of imidazole rings is 1. The Morgan fingerprint density at radius 2 is 2.11 bits per heavy atom. The van der Waals surface area contributed by atoms with E-state index in [4.69, 9.17) is 16.3 Å². The summed E-state index contributed by atoms with van der Waals surface area (Å²) < 4.78 is 5.49.